The lowest BCUT2D eigenvalue weighted by Gasteiger charge is -2.24. The van der Waals surface area contributed by atoms with E-state index in [1.807, 2.05) is 32.0 Å². The molecule has 2 heterocycles. The molecule has 134 valence electrons. The van der Waals surface area contributed by atoms with Gasteiger partial charge >= 0.3 is 6.03 Å². The van der Waals surface area contributed by atoms with Gasteiger partial charge in [0.15, 0.2) is 0 Å². The van der Waals surface area contributed by atoms with E-state index in [0.29, 0.717) is 17.9 Å². The Labute approximate surface area is 147 Å². The number of rotatable bonds is 4. The van der Waals surface area contributed by atoms with Crippen molar-refractivity contribution in [1.29, 1.82) is 0 Å². The summed E-state index contributed by atoms with van der Waals surface area (Å²) in [5, 5.41) is 16.3. The van der Waals surface area contributed by atoms with Gasteiger partial charge in [0, 0.05) is 11.1 Å². The minimum Gasteiger partial charge on any atom is -0.491 e. The molecule has 2 aromatic rings. The van der Waals surface area contributed by atoms with Gasteiger partial charge in [-0.25, -0.2) is 4.79 Å². The van der Waals surface area contributed by atoms with Crippen molar-refractivity contribution < 1.29 is 19.1 Å². The van der Waals surface area contributed by atoms with Gasteiger partial charge in [-0.05, 0) is 39.8 Å². The van der Waals surface area contributed by atoms with Crippen molar-refractivity contribution in [3.63, 3.8) is 0 Å². The first kappa shape index (κ1) is 17.4. The molecule has 0 aliphatic carbocycles. The average Bonchev–Trinajstić information content (AvgIpc) is 3.09. The van der Waals surface area contributed by atoms with Crippen LogP contribution < -0.4 is 15.4 Å². The second kappa shape index (κ2) is 6.44. The number of amides is 2. The molecule has 0 radical (unpaired) electrons. The van der Waals surface area contributed by atoms with Crippen LogP contribution in [0.5, 0.6) is 5.75 Å². The van der Waals surface area contributed by atoms with Gasteiger partial charge in [-0.1, -0.05) is 17.7 Å². The van der Waals surface area contributed by atoms with Gasteiger partial charge in [-0.15, -0.1) is 0 Å². The van der Waals surface area contributed by atoms with Crippen LogP contribution in [0.2, 0.25) is 0 Å². The molecular weight excluding hydrogens is 320 g/mol. The Morgan fingerprint density at radius 3 is 2.76 bits per heavy atom. The van der Waals surface area contributed by atoms with E-state index < -0.39 is 5.60 Å². The summed E-state index contributed by atoms with van der Waals surface area (Å²) in [6.45, 7) is 7.76. The van der Waals surface area contributed by atoms with Crippen molar-refractivity contribution in [1.82, 2.24) is 10.6 Å². The first-order valence-corrected chi connectivity index (χ1v) is 8.34. The molecule has 3 rings (SSSR count). The van der Waals surface area contributed by atoms with Crippen molar-refractivity contribution in [2.75, 3.05) is 13.2 Å². The van der Waals surface area contributed by atoms with Gasteiger partial charge < -0.3 is 24.9 Å². The van der Waals surface area contributed by atoms with Crippen LogP contribution in [0.15, 0.2) is 28.7 Å². The highest BCUT2D eigenvalue weighted by molar-refractivity contribution is 5.75. The van der Waals surface area contributed by atoms with Crippen LogP contribution in [0.25, 0.3) is 0 Å². The number of carbonyl (C=O) groups excluding carboxylic acids is 1. The minimum absolute atomic E-state index is 0.0763. The van der Waals surface area contributed by atoms with Gasteiger partial charge in [-0.2, -0.15) is 0 Å². The molecule has 1 aromatic heterocycles. The second-order valence-electron chi connectivity index (χ2n) is 6.83. The van der Waals surface area contributed by atoms with E-state index in [4.69, 9.17) is 9.15 Å². The van der Waals surface area contributed by atoms with Gasteiger partial charge in [0.25, 0.3) is 0 Å². The Kier molecular flexibility index (Phi) is 4.47. The fourth-order valence-electron chi connectivity index (χ4n) is 3.18. The molecule has 1 aliphatic rings. The topological polar surface area (TPSA) is 83.7 Å². The molecule has 0 spiro atoms. The molecule has 0 saturated heterocycles. The average molecular weight is 344 g/mol. The largest absolute Gasteiger partial charge is 0.491 e. The normalized spacial score (nSPS) is 18.2. The summed E-state index contributed by atoms with van der Waals surface area (Å²) in [4.78, 5) is 12.2. The monoisotopic (exact) mass is 344 g/mol. The number of aryl methyl sites for hydroxylation is 3. The predicted molar refractivity (Wildman–Crippen MR) is 93.7 cm³/mol. The van der Waals surface area contributed by atoms with E-state index in [-0.39, 0.29) is 18.6 Å². The van der Waals surface area contributed by atoms with Gasteiger partial charge in [0.2, 0.25) is 0 Å². The summed E-state index contributed by atoms with van der Waals surface area (Å²) in [6.07, 6.45) is 0. The van der Waals surface area contributed by atoms with Crippen molar-refractivity contribution in [3.8, 4) is 5.75 Å². The van der Waals surface area contributed by atoms with Gasteiger partial charge in [0.1, 0.15) is 29.5 Å². The van der Waals surface area contributed by atoms with Gasteiger partial charge in [-0.3, -0.25) is 0 Å². The number of nitrogens with one attached hydrogen (secondary N) is 2. The molecule has 6 heteroatoms. The summed E-state index contributed by atoms with van der Waals surface area (Å²) in [6, 6.07) is 7.16. The summed E-state index contributed by atoms with van der Waals surface area (Å²) < 4.78 is 11.1. The molecule has 0 saturated carbocycles. The highest BCUT2D eigenvalue weighted by Gasteiger charge is 2.30. The van der Waals surface area contributed by atoms with Crippen LogP contribution in [0.3, 0.4) is 0 Å². The third kappa shape index (κ3) is 3.64. The number of urea groups is 1. The smallest absolute Gasteiger partial charge is 0.315 e. The molecule has 1 aromatic carbocycles. The Balaban J connectivity index is 1.61. The fourth-order valence-corrected chi connectivity index (χ4v) is 3.18. The van der Waals surface area contributed by atoms with E-state index in [2.05, 4.69) is 10.6 Å². The Morgan fingerprint density at radius 1 is 1.32 bits per heavy atom. The minimum atomic E-state index is -1.21. The van der Waals surface area contributed by atoms with E-state index >= 15 is 0 Å². The first-order chi connectivity index (χ1) is 11.8. The number of ether oxygens (including phenoxy) is 1. The molecule has 0 bridgehead atoms. The Hall–Kier alpha value is -2.47. The Bertz CT molecular complexity index is 795. The summed E-state index contributed by atoms with van der Waals surface area (Å²) in [5.74, 6) is 2.18. The van der Waals surface area contributed by atoms with Crippen LogP contribution in [0.1, 0.15) is 41.2 Å². The van der Waals surface area contributed by atoms with Crippen molar-refractivity contribution in [3.05, 3.63) is 52.5 Å². The van der Waals surface area contributed by atoms with E-state index in [0.717, 1.165) is 22.6 Å². The molecule has 25 heavy (non-hydrogen) atoms. The van der Waals surface area contributed by atoms with Gasteiger partial charge in [0.05, 0.1) is 12.6 Å². The molecule has 2 unspecified atom stereocenters. The molecule has 2 amide bonds. The summed E-state index contributed by atoms with van der Waals surface area (Å²) in [5.41, 5.74) is 1.56. The number of furan rings is 1. The zero-order valence-corrected chi connectivity index (χ0v) is 15.0. The number of aliphatic hydroxyl groups is 1. The lowest BCUT2D eigenvalue weighted by atomic mass is 9.96. The fraction of sp³-hybridized carbons (Fsp3) is 0.421. The maximum absolute atomic E-state index is 12.2. The van der Waals surface area contributed by atoms with Crippen LogP contribution in [0.4, 0.5) is 4.79 Å². The standard InChI is InChI=1S/C19H24N2O4/c1-11-5-6-17-14(7-11)16(9-24-17)21-18(22)20-10-19(4,23)15-8-12(2)25-13(15)3/h5-8,16,23H,9-10H2,1-4H3,(H2,20,21,22). The van der Waals surface area contributed by atoms with Crippen LogP contribution in [-0.2, 0) is 5.60 Å². The van der Waals surface area contributed by atoms with Crippen molar-refractivity contribution in [2.45, 2.75) is 39.3 Å². The lowest BCUT2D eigenvalue weighted by molar-refractivity contribution is 0.0577. The first-order valence-electron chi connectivity index (χ1n) is 8.34. The predicted octanol–water partition coefficient (Wildman–Crippen LogP) is 2.85. The SMILES string of the molecule is Cc1ccc2c(c1)C(NC(=O)NCC(C)(O)c1cc(C)oc1C)CO2. The van der Waals surface area contributed by atoms with E-state index in [1.165, 1.54) is 0 Å². The highest BCUT2D eigenvalue weighted by Crippen LogP contribution is 2.32. The lowest BCUT2D eigenvalue weighted by Crippen LogP contribution is -2.44. The van der Waals surface area contributed by atoms with Crippen LogP contribution >= 0.6 is 0 Å². The highest BCUT2D eigenvalue weighted by atomic mass is 16.5. The second-order valence-corrected chi connectivity index (χ2v) is 6.83. The quantitative estimate of drug-likeness (QED) is 0.796. The maximum Gasteiger partial charge on any atom is 0.315 e. The molecule has 6 nitrogen and oxygen atoms in total. The molecular formula is C19H24N2O4. The van der Waals surface area contributed by atoms with Crippen molar-refractivity contribution in [2.24, 2.45) is 0 Å². The zero-order chi connectivity index (χ0) is 18.2. The zero-order valence-electron chi connectivity index (χ0n) is 15.0. The van der Waals surface area contributed by atoms with Crippen LogP contribution in [0, 0.1) is 20.8 Å². The Morgan fingerprint density at radius 2 is 2.08 bits per heavy atom. The van der Waals surface area contributed by atoms with E-state index in [1.54, 1.807) is 19.9 Å². The molecule has 3 N–H and O–H groups in total. The number of carbonyl (C=O) groups is 1. The number of fused-ring (bicyclic) bond motifs is 1. The van der Waals surface area contributed by atoms with E-state index in [9.17, 15) is 9.90 Å². The van der Waals surface area contributed by atoms with Crippen molar-refractivity contribution >= 4 is 6.03 Å². The number of hydrogen-bond donors (Lipinski definition) is 3. The molecule has 1 aliphatic heterocycles. The molecule has 2 atom stereocenters. The summed E-state index contributed by atoms with van der Waals surface area (Å²) >= 11 is 0. The summed E-state index contributed by atoms with van der Waals surface area (Å²) in [7, 11) is 0. The number of benzene rings is 1. The third-order valence-electron chi connectivity index (χ3n) is 4.47. The maximum atomic E-state index is 12.2. The number of hydrogen-bond acceptors (Lipinski definition) is 4. The third-order valence-corrected chi connectivity index (χ3v) is 4.47. The molecule has 0 fully saturated rings. The van der Waals surface area contributed by atoms with Crippen LogP contribution in [-0.4, -0.2) is 24.3 Å².